The van der Waals surface area contributed by atoms with E-state index in [1.807, 2.05) is 18.2 Å². The number of carbonyl (C=O) groups is 4. The van der Waals surface area contributed by atoms with Crippen molar-refractivity contribution in [3.8, 4) is 0 Å². The lowest BCUT2D eigenvalue weighted by molar-refractivity contribution is -0.122. The van der Waals surface area contributed by atoms with Gasteiger partial charge in [-0.2, -0.15) is 0 Å². The third-order valence-corrected chi connectivity index (χ3v) is 7.00. The highest BCUT2D eigenvalue weighted by atomic mass is 19.1. The molecule has 0 spiro atoms. The van der Waals surface area contributed by atoms with Gasteiger partial charge < -0.3 is 10.1 Å². The molecule has 3 amide bonds. The summed E-state index contributed by atoms with van der Waals surface area (Å²) in [6.45, 7) is -0.549. The predicted octanol–water partition coefficient (Wildman–Crippen LogP) is 4.69. The normalized spacial score (nSPS) is 20.9. The highest BCUT2D eigenvalue weighted by Crippen LogP contribution is 2.45. The Morgan fingerprint density at radius 2 is 1.62 bits per heavy atom. The van der Waals surface area contributed by atoms with E-state index in [-0.39, 0.29) is 29.2 Å². The summed E-state index contributed by atoms with van der Waals surface area (Å²) in [4.78, 5) is 52.4. The third-order valence-electron chi connectivity index (χ3n) is 7.00. The molecule has 0 aromatic heterocycles. The molecule has 2 aliphatic rings. The van der Waals surface area contributed by atoms with Crippen LogP contribution in [-0.4, -0.2) is 30.3 Å². The average molecular weight is 501 g/mol. The summed E-state index contributed by atoms with van der Waals surface area (Å²) in [5.74, 6) is -2.81. The van der Waals surface area contributed by atoms with E-state index in [0.29, 0.717) is 24.2 Å². The van der Waals surface area contributed by atoms with Gasteiger partial charge in [0.25, 0.3) is 5.91 Å². The zero-order chi connectivity index (χ0) is 25.9. The van der Waals surface area contributed by atoms with Crippen molar-refractivity contribution in [2.75, 3.05) is 16.8 Å². The third kappa shape index (κ3) is 5.14. The SMILES string of the molecule is O=C(COC(=O)c1cccc(N2C(=O)[C@H]3C[C@@H](c4ccccc4)CC[C@H]3C2=O)c1)Nc1ccc(F)cc1. The zero-order valence-corrected chi connectivity index (χ0v) is 19.9. The number of amides is 3. The Morgan fingerprint density at radius 3 is 2.38 bits per heavy atom. The fourth-order valence-corrected chi connectivity index (χ4v) is 5.18. The van der Waals surface area contributed by atoms with E-state index in [2.05, 4.69) is 17.4 Å². The fourth-order valence-electron chi connectivity index (χ4n) is 5.18. The van der Waals surface area contributed by atoms with Crippen LogP contribution in [-0.2, 0) is 19.1 Å². The summed E-state index contributed by atoms with van der Waals surface area (Å²) >= 11 is 0. The van der Waals surface area contributed by atoms with Crippen molar-refractivity contribution in [3.63, 3.8) is 0 Å². The van der Waals surface area contributed by atoms with Crippen molar-refractivity contribution in [1.29, 1.82) is 0 Å². The number of benzene rings is 3. The molecule has 1 N–H and O–H groups in total. The monoisotopic (exact) mass is 500 g/mol. The standard InChI is InChI=1S/C29H25FN2O5/c30-21-10-12-22(13-11-21)31-26(33)17-37-29(36)20-7-4-8-23(15-20)32-27(34)24-14-9-19(16-25(24)28(32)35)18-5-2-1-3-6-18/h1-8,10-13,15,19,24-25H,9,14,16-17H2,(H,31,33)/t19-,24+,25-/m0/s1. The van der Waals surface area contributed by atoms with Gasteiger partial charge in [0.05, 0.1) is 23.1 Å². The van der Waals surface area contributed by atoms with Crippen LogP contribution in [0.3, 0.4) is 0 Å². The molecule has 0 bridgehead atoms. The van der Waals surface area contributed by atoms with E-state index in [1.54, 1.807) is 12.1 Å². The number of ether oxygens (including phenoxy) is 1. The van der Waals surface area contributed by atoms with Crippen molar-refractivity contribution in [1.82, 2.24) is 0 Å². The Balaban J connectivity index is 1.24. The first-order valence-electron chi connectivity index (χ1n) is 12.2. The molecule has 1 heterocycles. The number of nitrogens with one attached hydrogen (secondary N) is 1. The van der Waals surface area contributed by atoms with Gasteiger partial charge in [0.2, 0.25) is 11.8 Å². The minimum atomic E-state index is -0.767. The van der Waals surface area contributed by atoms with Crippen molar-refractivity contribution >= 4 is 35.1 Å². The lowest BCUT2D eigenvalue weighted by atomic mass is 9.73. The van der Waals surface area contributed by atoms with Crippen LogP contribution in [0.4, 0.5) is 15.8 Å². The molecular formula is C29H25FN2O5. The largest absolute Gasteiger partial charge is 0.452 e. The fraction of sp³-hybridized carbons (Fsp3) is 0.241. The van der Waals surface area contributed by atoms with Gasteiger partial charge in [0.15, 0.2) is 6.61 Å². The summed E-state index contributed by atoms with van der Waals surface area (Å²) in [6, 6.07) is 21.3. The van der Waals surface area contributed by atoms with Crippen LogP contribution >= 0.6 is 0 Å². The maximum atomic E-state index is 13.3. The quantitative estimate of drug-likeness (QED) is 0.391. The van der Waals surface area contributed by atoms with Crippen LogP contribution in [0, 0.1) is 17.7 Å². The van der Waals surface area contributed by atoms with Crippen LogP contribution in [0.15, 0.2) is 78.9 Å². The summed E-state index contributed by atoms with van der Waals surface area (Å²) in [5, 5.41) is 2.51. The zero-order valence-electron chi connectivity index (χ0n) is 19.9. The first-order chi connectivity index (χ1) is 17.9. The number of fused-ring (bicyclic) bond motifs is 1. The summed E-state index contributed by atoms with van der Waals surface area (Å²) < 4.78 is 18.1. The lowest BCUT2D eigenvalue weighted by Gasteiger charge is -2.28. The van der Waals surface area contributed by atoms with Crippen molar-refractivity contribution in [2.24, 2.45) is 11.8 Å². The molecule has 3 aromatic carbocycles. The van der Waals surface area contributed by atoms with E-state index in [4.69, 9.17) is 4.74 Å². The van der Waals surface area contributed by atoms with Gasteiger partial charge in [0, 0.05) is 5.69 Å². The molecule has 188 valence electrons. The first-order valence-corrected chi connectivity index (χ1v) is 12.2. The van der Waals surface area contributed by atoms with Gasteiger partial charge in [-0.1, -0.05) is 36.4 Å². The summed E-state index contributed by atoms with van der Waals surface area (Å²) in [5.41, 5.74) is 1.97. The highest BCUT2D eigenvalue weighted by molar-refractivity contribution is 6.22. The van der Waals surface area contributed by atoms with Crippen LogP contribution in [0.2, 0.25) is 0 Å². The molecule has 1 saturated heterocycles. The molecule has 2 fully saturated rings. The van der Waals surface area contributed by atoms with E-state index in [1.165, 1.54) is 46.9 Å². The van der Waals surface area contributed by atoms with E-state index >= 15 is 0 Å². The molecule has 7 nitrogen and oxygen atoms in total. The van der Waals surface area contributed by atoms with Gasteiger partial charge >= 0.3 is 5.97 Å². The second-order valence-electron chi connectivity index (χ2n) is 9.33. The van der Waals surface area contributed by atoms with Crippen LogP contribution in [0.5, 0.6) is 0 Å². The highest BCUT2D eigenvalue weighted by Gasteiger charge is 2.50. The van der Waals surface area contributed by atoms with Gasteiger partial charge in [-0.05, 0) is 73.2 Å². The minimum absolute atomic E-state index is 0.115. The van der Waals surface area contributed by atoms with Gasteiger partial charge in [-0.3, -0.25) is 19.3 Å². The smallest absolute Gasteiger partial charge is 0.338 e. The number of hydrogen-bond donors (Lipinski definition) is 1. The molecule has 3 atom stereocenters. The first kappa shape index (κ1) is 24.4. The Kier molecular flexibility index (Phi) is 6.81. The van der Waals surface area contributed by atoms with Gasteiger partial charge in [-0.25, -0.2) is 9.18 Å². The van der Waals surface area contributed by atoms with E-state index in [0.717, 1.165) is 6.42 Å². The second-order valence-corrected chi connectivity index (χ2v) is 9.33. The Labute approximate surface area is 213 Å². The number of imide groups is 1. The van der Waals surface area contributed by atoms with Crippen LogP contribution in [0.25, 0.3) is 0 Å². The van der Waals surface area contributed by atoms with Crippen LogP contribution in [0.1, 0.15) is 41.1 Å². The Morgan fingerprint density at radius 1 is 0.892 bits per heavy atom. The van der Waals surface area contributed by atoms with Gasteiger partial charge in [0.1, 0.15) is 5.82 Å². The molecule has 8 heteroatoms. The summed E-state index contributed by atoms with van der Waals surface area (Å²) in [6.07, 6.45) is 2.08. The van der Waals surface area contributed by atoms with Crippen molar-refractivity contribution < 1.29 is 28.3 Å². The molecule has 0 unspecified atom stereocenters. The minimum Gasteiger partial charge on any atom is -0.452 e. The van der Waals surface area contributed by atoms with E-state index in [9.17, 15) is 23.6 Å². The molecule has 3 aromatic rings. The number of hydrogen-bond acceptors (Lipinski definition) is 5. The average Bonchev–Trinajstić information content (AvgIpc) is 3.18. The van der Waals surface area contributed by atoms with E-state index < -0.39 is 30.2 Å². The number of halogens is 1. The molecule has 1 aliphatic heterocycles. The Hall–Kier alpha value is -4.33. The Bertz CT molecular complexity index is 1340. The maximum Gasteiger partial charge on any atom is 0.338 e. The molecule has 1 saturated carbocycles. The number of rotatable bonds is 6. The van der Waals surface area contributed by atoms with Crippen molar-refractivity contribution in [2.45, 2.75) is 25.2 Å². The molecule has 5 rings (SSSR count). The maximum absolute atomic E-state index is 13.3. The van der Waals surface area contributed by atoms with Crippen molar-refractivity contribution in [3.05, 3.63) is 95.8 Å². The van der Waals surface area contributed by atoms with Crippen LogP contribution < -0.4 is 10.2 Å². The second kappa shape index (κ2) is 10.3. The number of carbonyl (C=O) groups excluding carboxylic acids is 4. The lowest BCUT2D eigenvalue weighted by Crippen LogP contribution is -2.31. The predicted molar refractivity (Wildman–Crippen MR) is 134 cm³/mol. The number of esters is 1. The molecule has 1 aliphatic carbocycles. The molecule has 0 radical (unpaired) electrons. The molecule has 37 heavy (non-hydrogen) atoms. The topological polar surface area (TPSA) is 92.8 Å². The number of anilines is 2. The molecular weight excluding hydrogens is 475 g/mol. The summed E-state index contributed by atoms with van der Waals surface area (Å²) in [7, 11) is 0. The number of nitrogens with zero attached hydrogens (tertiary/aromatic N) is 1. The van der Waals surface area contributed by atoms with Gasteiger partial charge in [-0.15, -0.1) is 0 Å².